The number of oxazole rings is 1. The van der Waals surface area contributed by atoms with Crippen molar-refractivity contribution in [2.24, 2.45) is 0 Å². The molecular formula is C14H17N3O2. The fourth-order valence-corrected chi connectivity index (χ4v) is 1.59. The minimum Gasteiger partial charge on any atom is -0.432 e. The van der Waals surface area contributed by atoms with Crippen molar-refractivity contribution in [1.82, 2.24) is 4.98 Å². The van der Waals surface area contributed by atoms with E-state index in [-0.39, 0.29) is 11.9 Å². The Labute approximate surface area is 112 Å². The zero-order chi connectivity index (χ0) is 13.7. The molecule has 0 bridgehead atoms. The molecule has 0 aliphatic heterocycles. The third-order valence-electron chi connectivity index (χ3n) is 2.57. The van der Waals surface area contributed by atoms with Gasteiger partial charge in [0.2, 0.25) is 0 Å². The number of nitrogens with zero attached hydrogens (tertiary/aromatic N) is 1. The molecule has 0 saturated carbocycles. The lowest BCUT2D eigenvalue weighted by molar-refractivity contribution is 0.102. The van der Waals surface area contributed by atoms with E-state index in [9.17, 15) is 4.79 Å². The molecule has 0 saturated heterocycles. The third kappa shape index (κ3) is 3.58. The number of aromatic nitrogens is 1. The molecule has 19 heavy (non-hydrogen) atoms. The number of benzene rings is 1. The van der Waals surface area contributed by atoms with Crippen molar-refractivity contribution in [3.8, 4) is 0 Å². The second-order valence-corrected chi connectivity index (χ2v) is 4.25. The summed E-state index contributed by atoms with van der Waals surface area (Å²) in [5.74, 6) is -0.233. The standard InChI is InChI=1S/C14H17N3O2/c1-3-8-15-12-6-4-11(5-7-12)13(18)17-14-16-10(2)9-19-14/h4-7,9,15H,3,8H2,1-2H3,(H,16,17,18). The highest BCUT2D eigenvalue weighted by Gasteiger charge is 2.09. The van der Waals surface area contributed by atoms with Crippen LogP contribution in [0, 0.1) is 6.92 Å². The van der Waals surface area contributed by atoms with Crippen molar-refractivity contribution in [2.45, 2.75) is 20.3 Å². The van der Waals surface area contributed by atoms with E-state index < -0.39 is 0 Å². The smallest absolute Gasteiger partial charge is 0.301 e. The molecule has 0 unspecified atom stereocenters. The highest BCUT2D eigenvalue weighted by atomic mass is 16.4. The first-order valence-electron chi connectivity index (χ1n) is 6.26. The Morgan fingerprint density at radius 1 is 1.32 bits per heavy atom. The number of amides is 1. The first-order chi connectivity index (χ1) is 9.19. The summed E-state index contributed by atoms with van der Waals surface area (Å²) in [4.78, 5) is 15.9. The highest BCUT2D eigenvalue weighted by Crippen LogP contribution is 2.12. The van der Waals surface area contributed by atoms with Crippen molar-refractivity contribution in [3.63, 3.8) is 0 Å². The highest BCUT2D eigenvalue weighted by molar-refractivity contribution is 6.03. The van der Waals surface area contributed by atoms with E-state index in [4.69, 9.17) is 4.42 Å². The van der Waals surface area contributed by atoms with E-state index in [0.717, 1.165) is 24.3 Å². The first-order valence-corrected chi connectivity index (χ1v) is 6.26. The second-order valence-electron chi connectivity index (χ2n) is 4.25. The van der Waals surface area contributed by atoms with Gasteiger partial charge in [-0.1, -0.05) is 6.92 Å². The van der Waals surface area contributed by atoms with Crippen molar-refractivity contribution in [3.05, 3.63) is 41.8 Å². The lowest BCUT2D eigenvalue weighted by Gasteiger charge is -2.05. The van der Waals surface area contributed by atoms with Gasteiger partial charge in [0.25, 0.3) is 5.91 Å². The predicted octanol–water partition coefficient (Wildman–Crippen LogP) is 3.06. The van der Waals surface area contributed by atoms with Crippen LogP contribution in [-0.2, 0) is 0 Å². The molecule has 5 nitrogen and oxygen atoms in total. The fourth-order valence-electron chi connectivity index (χ4n) is 1.59. The summed E-state index contributed by atoms with van der Waals surface area (Å²) >= 11 is 0. The van der Waals surface area contributed by atoms with Crippen molar-refractivity contribution < 1.29 is 9.21 Å². The normalized spacial score (nSPS) is 10.2. The van der Waals surface area contributed by atoms with Gasteiger partial charge in [-0.15, -0.1) is 0 Å². The number of aryl methyl sites for hydroxylation is 1. The zero-order valence-corrected chi connectivity index (χ0v) is 11.1. The molecule has 0 spiro atoms. The van der Waals surface area contributed by atoms with Crippen LogP contribution in [0.3, 0.4) is 0 Å². The average Bonchev–Trinajstić information content (AvgIpc) is 2.82. The van der Waals surface area contributed by atoms with Gasteiger partial charge in [-0.25, -0.2) is 0 Å². The molecule has 100 valence electrons. The average molecular weight is 259 g/mol. The van der Waals surface area contributed by atoms with Crippen LogP contribution < -0.4 is 10.6 Å². The van der Waals surface area contributed by atoms with Crippen LogP contribution in [-0.4, -0.2) is 17.4 Å². The molecule has 0 aliphatic carbocycles. The number of rotatable bonds is 5. The van der Waals surface area contributed by atoms with Gasteiger partial charge in [-0.2, -0.15) is 4.98 Å². The van der Waals surface area contributed by atoms with Gasteiger partial charge in [0.15, 0.2) is 0 Å². The van der Waals surface area contributed by atoms with Crippen molar-refractivity contribution in [1.29, 1.82) is 0 Å². The number of hydrogen-bond donors (Lipinski definition) is 2. The summed E-state index contributed by atoms with van der Waals surface area (Å²) in [7, 11) is 0. The monoisotopic (exact) mass is 259 g/mol. The topological polar surface area (TPSA) is 67.2 Å². The number of anilines is 2. The molecule has 0 fully saturated rings. The van der Waals surface area contributed by atoms with Gasteiger partial charge in [0.1, 0.15) is 6.26 Å². The molecule has 2 N–H and O–H groups in total. The van der Waals surface area contributed by atoms with Crippen LogP contribution in [0.2, 0.25) is 0 Å². The predicted molar refractivity (Wildman–Crippen MR) is 74.4 cm³/mol. The van der Waals surface area contributed by atoms with E-state index in [0.29, 0.717) is 5.56 Å². The summed E-state index contributed by atoms with van der Waals surface area (Å²) in [6, 6.07) is 7.51. The summed E-state index contributed by atoms with van der Waals surface area (Å²) in [6.07, 6.45) is 2.55. The SMILES string of the molecule is CCCNc1ccc(C(=O)Nc2nc(C)co2)cc1. The molecule has 2 rings (SSSR count). The third-order valence-corrected chi connectivity index (χ3v) is 2.57. The first kappa shape index (κ1) is 13.1. The molecule has 0 atom stereocenters. The van der Waals surface area contributed by atoms with Crippen LogP contribution in [0.25, 0.3) is 0 Å². The van der Waals surface area contributed by atoms with Crippen LogP contribution in [0.5, 0.6) is 0 Å². The molecule has 1 amide bonds. The van der Waals surface area contributed by atoms with Crippen molar-refractivity contribution >= 4 is 17.6 Å². The number of nitrogens with one attached hydrogen (secondary N) is 2. The molecule has 2 aromatic rings. The Bertz CT molecular complexity index is 546. The largest absolute Gasteiger partial charge is 0.432 e. The maximum Gasteiger partial charge on any atom is 0.301 e. The Morgan fingerprint density at radius 2 is 2.05 bits per heavy atom. The Kier molecular flexibility index (Phi) is 4.18. The van der Waals surface area contributed by atoms with Crippen LogP contribution in [0.4, 0.5) is 11.7 Å². The number of hydrogen-bond acceptors (Lipinski definition) is 4. The zero-order valence-electron chi connectivity index (χ0n) is 11.1. The summed E-state index contributed by atoms with van der Waals surface area (Å²) in [5.41, 5.74) is 2.30. The van der Waals surface area contributed by atoms with Crippen LogP contribution in [0.1, 0.15) is 29.4 Å². The van der Waals surface area contributed by atoms with E-state index in [2.05, 4.69) is 22.5 Å². The number of carbonyl (C=O) groups excluding carboxylic acids is 1. The van der Waals surface area contributed by atoms with Crippen LogP contribution in [0.15, 0.2) is 34.9 Å². The Hall–Kier alpha value is -2.30. The molecule has 0 radical (unpaired) electrons. The Morgan fingerprint density at radius 3 is 2.63 bits per heavy atom. The van der Waals surface area contributed by atoms with Gasteiger partial charge in [0.05, 0.1) is 5.69 Å². The fraction of sp³-hybridized carbons (Fsp3) is 0.286. The van der Waals surface area contributed by atoms with E-state index in [1.807, 2.05) is 12.1 Å². The molecule has 1 aromatic heterocycles. The molecule has 1 heterocycles. The van der Waals surface area contributed by atoms with Crippen LogP contribution >= 0.6 is 0 Å². The molecule has 0 aliphatic rings. The quantitative estimate of drug-likeness (QED) is 0.866. The second kappa shape index (κ2) is 6.04. The minimum absolute atomic E-state index is 0.218. The molecule has 1 aromatic carbocycles. The van der Waals surface area contributed by atoms with Crippen molar-refractivity contribution in [2.75, 3.05) is 17.2 Å². The summed E-state index contributed by atoms with van der Waals surface area (Å²) < 4.78 is 5.08. The van der Waals surface area contributed by atoms with Gasteiger partial charge in [-0.05, 0) is 37.6 Å². The lowest BCUT2D eigenvalue weighted by atomic mass is 10.2. The van der Waals surface area contributed by atoms with Gasteiger partial charge in [-0.3, -0.25) is 10.1 Å². The van der Waals surface area contributed by atoms with E-state index in [1.165, 1.54) is 6.26 Å². The maximum absolute atomic E-state index is 11.9. The van der Waals surface area contributed by atoms with E-state index >= 15 is 0 Å². The summed E-state index contributed by atoms with van der Waals surface area (Å²) in [6.45, 7) is 4.82. The lowest BCUT2D eigenvalue weighted by Crippen LogP contribution is -2.12. The molecular weight excluding hydrogens is 242 g/mol. The summed E-state index contributed by atoms with van der Waals surface area (Å²) in [5, 5.41) is 5.86. The molecule has 5 heteroatoms. The minimum atomic E-state index is -0.233. The van der Waals surface area contributed by atoms with Gasteiger partial charge < -0.3 is 9.73 Å². The Balaban J connectivity index is 1.99. The maximum atomic E-state index is 11.9. The number of carbonyl (C=O) groups is 1. The van der Waals surface area contributed by atoms with E-state index in [1.54, 1.807) is 19.1 Å². The van der Waals surface area contributed by atoms with Gasteiger partial charge >= 0.3 is 6.01 Å². The van der Waals surface area contributed by atoms with Gasteiger partial charge in [0, 0.05) is 17.8 Å².